The second kappa shape index (κ2) is 5.99. The molecule has 1 nitrogen and oxygen atoms in total. The van der Waals surface area contributed by atoms with Crippen LogP contribution in [-0.2, 0) is 0 Å². The minimum absolute atomic E-state index is 0.644. The van der Waals surface area contributed by atoms with Gasteiger partial charge >= 0.3 is 0 Å². The highest BCUT2D eigenvalue weighted by molar-refractivity contribution is 6.01. The van der Waals surface area contributed by atoms with E-state index in [0.717, 1.165) is 19.4 Å². The molecule has 0 fully saturated rings. The molecular weight excluding hydrogens is 218 g/mol. The first-order chi connectivity index (χ1) is 8.70. The van der Waals surface area contributed by atoms with Crippen molar-refractivity contribution in [2.45, 2.75) is 33.1 Å². The summed E-state index contributed by atoms with van der Waals surface area (Å²) in [6.45, 7) is 9.71. The van der Waals surface area contributed by atoms with Gasteiger partial charge in [0.2, 0.25) is 0 Å². The van der Waals surface area contributed by atoms with Crippen LogP contribution in [0.1, 0.15) is 38.7 Å². The van der Waals surface area contributed by atoms with Crippen LogP contribution in [0.25, 0.3) is 0 Å². The molecule has 0 radical (unpaired) electrons. The molecule has 2 unspecified atom stereocenters. The third-order valence-electron chi connectivity index (χ3n) is 3.99. The van der Waals surface area contributed by atoms with E-state index in [0.29, 0.717) is 11.8 Å². The molecule has 0 amide bonds. The molecule has 1 aliphatic heterocycles. The Balaban J connectivity index is 1.90. The van der Waals surface area contributed by atoms with Crippen LogP contribution in [0.15, 0.2) is 47.5 Å². The second-order valence-corrected chi connectivity index (χ2v) is 5.40. The maximum Gasteiger partial charge on any atom is 0.0427 e. The van der Waals surface area contributed by atoms with E-state index in [9.17, 15) is 0 Å². The number of hydrogen-bond donors (Lipinski definition) is 0. The van der Waals surface area contributed by atoms with E-state index < -0.39 is 0 Å². The number of hydrogen-bond acceptors (Lipinski definition) is 1. The van der Waals surface area contributed by atoms with Gasteiger partial charge in [-0.05, 0) is 36.7 Å². The molecule has 96 valence electrons. The zero-order valence-corrected chi connectivity index (χ0v) is 11.5. The lowest BCUT2D eigenvalue weighted by atomic mass is 9.89. The SMILES string of the molecule is C=C(CC1CN=C(c2ccccc2)C1)C(C)CC. The summed E-state index contributed by atoms with van der Waals surface area (Å²) in [5.41, 5.74) is 3.96. The number of allylic oxidation sites excluding steroid dienone is 1. The molecule has 0 spiro atoms. The van der Waals surface area contributed by atoms with Gasteiger partial charge in [0, 0.05) is 12.3 Å². The van der Waals surface area contributed by atoms with Crippen molar-refractivity contribution in [3.63, 3.8) is 0 Å². The zero-order valence-electron chi connectivity index (χ0n) is 11.5. The van der Waals surface area contributed by atoms with Crippen LogP contribution in [0.2, 0.25) is 0 Å². The van der Waals surface area contributed by atoms with Crippen LogP contribution >= 0.6 is 0 Å². The van der Waals surface area contributed by atoms with Crippen molar-refractivity contribution in [3.8, 4) is 0 Å². The molecule has 0 bridgehead atoms. The van der Waals surface area contributed by atoms with Crippen molar-refractivity contribution in [1.29, 1.82) is 0 Å². The van der Waals surface area contributed by atoms with Gasteiger partial charge in [-0.15, -0.1) is 0 Å². The first-order valence-corrected chi connectivity index (χ1v) is 6.97. The molecular formula is C17H23N. The van der Waals surface area contributed by atoms with Crippen LogP contribution in [0.4, 0.5) is 0 Å². The molecule has 0 aromatic heterocycles. The van der Waals surface area contributed by atoms with Gasteiger partial charge in [-0.3, -0.25) is 4.99 Å². The van der Waals surface area contributed by atoms with Gasteiger partial charge < -0.3 is 0 Å². The Morgan fingerprint density at radius 3 is 2.78 bits per heavy atom. The molecule has 1 heteroatoms. The lowest BCUT2D eigenvalue weighted by molar-refractivity contribution is 0.529. The molecule has 18 heavy (non-hydrogen) atoms. The lowest BCUT2D eigenvalue weighted by Gasteiger charge is -2.16. The van der Waals surface area contributed by atoms with Gasteiger partial charge in [0.1, 0.15) is 0 Å². The van der Waals surface area contributed by atoms with Crippen molar-refractivity contribution in [2.75, 3.05) is 6.54 Å². The molecule has 0 saturated carbocycles. The van der Waals surface area contributed by atoms with Gasteiger partial charge in [0.05, 0.1) is 0 Å². The van der Waals surface area contributed by atoms with E-state index in [1.54, 1.807) is 0 Å². The maximum atomic E-state index is 4.70. The standard InChI is InChI=1S/C17H23N/c1-4-13(2)14(3)10-15-11-17(18-12-15)16-8-6-5-7-9-16/h5-9,13,15H,3-4,10-12H2,1-2H3. The Bertz CT molecular complexity index is 430. The highest BCUT2D eigenvalue weighted by Gasteiger charge is 2.21. The number of nitrogens with zero attached hydrogens (tertiary/aromatic N) is 1. The average molecular weight is 241 g/mol. The van der Waals surface area contributed by atoms with E-state index in [-0.39, 0.29) is 0 Å². The van der Waals surface area contributed by atoms with Gasteiger partial charge in [0.15, 0.2) is 0 Å². The van der Waals surface area contributed by atoms with E-state index in [1.807, 2.05) is 0 Å². The van der Waals surface area contributed by atoms with Crippen LogP contribution in [0, 0.1) is 11.8 Å². The Morgan fingerprint density at radius 2 is 2.11 bits per heavy atom. The quantitative estimate of drug-likeness (QED) is 0.674. The molecule has 1 heterocycles. The molecule has 0 saturated heterocycles. The third kappa shape index (κ3) is 3.10. The van der Waals surface area contributed by atoms with E-state index >= 15 is 0 Å². The van der Waals surface area contributed by atoms with Crippen LogP contribution in [0.5, 0.6) is 0 Å². The number of rotatable bonds is 5. The Morgan fingerprint density at radius 1 is 1.39 bits per heavy atom. The van der Waals surface area contributed by atoms with Crippen molar-refractivity contribution in [2.24, 2.45) is 16.8 Å². The molecule has 1 aromatic carbocycles. The van der Waals surface area contributed by atoms with E-state index in [1.165, 1.54) is 23.3 Å². The Hall–Kier alpha value is -1.37. The van der Waals surface area contributed by atoms with Crippen molar-refractivity contribution in [3.05, 3.63) is 48.0 Å². The summed E-state index contributed by atoms with van der Waals surface area (Å²) in [7, 11) is 0. The van der Waals surface area contributed by atoms with Crippen LogP contribution < -0.4 is 0 Å². The third-order valence-corrected chi connectivity index (χ3v) is 3.99. The molecule has 2 atom stereocenters. The predicted molar refractivity (Wildman–Crippen MR) is 79.2 cm³/mol. The predicted octanol–water partition coefficient (Wildman–Crippen LogP) is 4.49. The fourth-order valence-corrected chi connectivity index (χ4v) is 2.48. The van der Waals surface area contributed by atoms with Gasteiger partial charge in [-0.1, -0.05) is 56.3 Å². The van der Waals surface area contributed by atoms with Crippen LogP contribution in [-0.4, -0.2) is 12.3 Å². The molecule has 0 N–H and O–H groups in total. The minimum atomic E-state index is 0.644. The van der Waals surface area contributed by atoms with Crippen molar-refractivity contribution in [1.82, 2.24) is 0 Å². The zero-order chi connectivity index (χ0) is 13.0. The summed E-state index contributed by atoms with van der Waals surface area (Å²) in [4.78, 5) is 4.70. The fourth-order valence-electron chi connectivity index (χ4n) is 2.48. The average Bonchev–Trinajstić information content (AvgIpc) is 2.87. The normalized spacial score (nSPS) is 20.6. The highest BCUT2D eigenvalue weighted by Crippen LogP contribution is 2.27. The summed E-state index contributed by atoms with van der Waals surface area (Å²) < 4.78 is 0. The van der Waals surface area contributed by atoms with Crippen LogP contribution in [0.3, 0.4) is 0 Å². The smallest absolute Gasteiger partial charge is 0.0427 e. The second-order valence-electron chi connectivity index (χ2n) is 5.40. The van der Waals surface area contributed by atoms with E-state index in [4.69, 9.17) is 4.99 Å². The molecule has 1 aromatic rings. The Kier molecular flexibility index (Phi) is 4.35. The van der Waals surface area contributed by atoms with Crippen molar-refractivity contribution >= 4 is 5.71 Å². The van der Waals surface area contributed by atoms with Gasteiger partial charge in [-0.2, -0.15) is 0 Å². The number of aliphatic imine (C=N–C) groups is 1. The van der Waals surface area contributed by atoms with Gasteiger partial charge in [0.25, 0.3) is 0 Å². The molecule has 2 rings (SSSR count). The highest BCUT2D eigenvalue weighted by atomic mass is 14.8. The number of benzene rings is 1. The largest absolute Gasteiger partial charge is 0.289 e. The summed E-state index contributed by atoms with van der Waals surface area (Å²) in [5.74, 6) is 1.31. The molecule has 0 aliphatic carbocycles. The fraction of sp³-hybridized carbons (Fsp3) is 0.471. The van der Waals surface area contributed by atoms with Gasteiger partial charge in [-0.25, -0.2) is 0 Å². The Labute approximate surface area is 111 Å². The van der Waals surface area contributed by atoms with E-state index in [2.05, 4.69) is 50.8 Å². The topological polar surface area (TPSA) is 12.4 Å². The first-order valence-electron chi connectivity index (χ1n) is 6.97. The summed E-state index contributed by atoms with van der Waals surface area (Å²) in [6.07, 6.45) is 3.44. The lowest BCUT2D eigenvalue weighted by Crippen LogP contribution is -2.07. The minimum Gasteiger partial charge on any atom is -0.289 e. The summed E-state index contributed by atoms with van der Waals surface area (Å²) in [5, 5.41) is 0. The summed E-state index contributed by atoms with van der Waals surface area (Å²) >= 11 is 0. The van der Waals surface area contributed by atoms with Crippen molar-refractivity contribution < 1.29 is 0 Å². The monoisotopic (exact) mass is 241 g/mol. The first kappa shape index (κ1) is 13.1. The molecule has 1 aliphatic rings. The maximum absolute atomic E-state index is 4.70. The summed E-state index contributed by atoms with van der Waals surface area (Å²) in [6, 6.07) is 10.5.